The maximum absolute atomic E-state index is 14.7. The lowest BCUT2D eigenvalue weighted by molar-refractivity contribution is 0.241. The van der Waals surface area contributed by atoms with Crippen molar-refractivity contribution >= 4 is 0 Å². The van der Waals surface area contributed by atoms with Crippen LogP contribution in [0, 0.1) is 17.6 Å². The predicted octanol–water partition coefficient (Wildman–Crippen LogP) is 7.02. The molecule has 1 saturated carbocycles. The fourth-order valence-corrected chi connectivity index (χ4v) is 4.52. The van der Waals surface area contributed by atoms with Gasteiger partial charge in [0.25, 0.3) is 0 Å². The number of halogens is 2. The predicted molar refractivity (Wildman–Crippen MR) is 99.7 cm³/mol. The second kappa shape index (κ2) is 8.12. The van der Waals surface area contributed by atoms with E-state index in [1.54, 1.807) is 12.1 Å². The van der Waals surface area contributed by atoms with E-state index in [0.29, 0.717) is 17.0 Å². The Morgan fingerprint density at radius 3 is 1.84 bits per heavy atom. The molecule has 2 aromatic rings. The summed E-state index contributed by atoms with van der Waals surface area (Å²) < 4.78 is 29.3. The maximum Gasteiger partial charge on any atom is 0.127 e. The smallest absolute Gasteiger partial charge is 0.127 e. The van der Waals surface area contributed by atoms with Crippen molar-refractivity contribution in [2.45, 2.75) is 63.7 Å². The monoisotopic (exact) mass is 342 g/mol. The van der Waals surface area contributed by atoms with E-state index in [1.165, 1.54) is 37.8 Å². The standard InChI is InChI=1S/C23H28F2/c1-2-3-4-9-18-14-16-23(17-15-18,19-10-5-7-12-21(19)24)20-11-6-8-13-22(20)25/h5-8,10-13,18H,2-4,9,14-17H2,1H3. The average Bonchev–Trinajstić information content (AvgIpc) is 2.64. The summed E-state index contributed by atoms with van der Waals surface area (Å²) in [5.74, 6) is 0.267. The number of hydrogen-bond acceptors (Lipinski definition) is 0. The zero-order valence-corrected chi connectivity index (χ0v) is 15.1. The van der Waals surface area contributed by atoms with Crippen LogP contribution in [0.25, 0.3) is 0 Å². The van der Waals surface area contributed by atoms with Gasteiger partial charge in [-0.15, -0.1) is 0 Å². The molecule has 0 radical (unpaired) electrons. The van der Waals surface area contributed by atoms with Crippen LogP contribution < -0.4 is 0 Å². The lowest BCUT2D eigenvalue weighted by atomic mass is 9.62. The molecule has 3 rings (SSSR count). The lowest BCUT2D eigenvalue weighted by Gasteiger charge is -2.41. The van der Waals surface area contributed by atoms with E-state index < -0.39 is 5.41 Å². The van der Waals surface area contributed by atoms with Crippen molar-refractivity contribution in [3.8, 4) is 0 Å². The van der Waals surface area contributed by atoms with Crippen molar-refractivity contribution in [3.05, 3.63) is 71.3 Å². The Labute approximate surface area is 150 Å². The van der Waals surface area contributed by atoms with Gasteiger partial charge >= 0.3 is 0 Å². The minimum Gasteiger partial charge on any atom is -0.207 e. The summed E-state index contributed by atoms with van der Waals surface area (Å²) >= 11 is 0. The third-order valence-electron chi connectivity index (χ3n) is 5.95. The number of hydrogen-bond donors (Lipinski definition) is 0. The first-order valence-electron chi connectivity index (χ1n) is 9.67. The third kappa shape index (κ3) is 3.78. The van der Waals surface area contributed by atoms with Crippen molar-refractivity contribution in [3.63, 3.8) is 0 Å². The number of unbranched alkanes of at least 4 members (excludes halogenated alkanes) is 2. The van der Waals surface area contributed by atoms with Crippen LogP contribution in [0.3, 0.4) is 0 Å². The molecule has 0 atom stereocenters. The van der Waals surface area contributed by atoms with Gasteiger partial charge in [-0.05, 0) is 54.9 Å². The second-order valence-electron chi connectivity index (χ2n) is 7.48. The summed E-state index contributed by atoms with van der Waals surface area (Å²) in [6, 6.07) is 13.9. The zero-order valence-electron chi connectivity index (χ0n) is 15.1. The Balaban J connectivity index is 1.91. The highest BCUT2D eigenvalue weighted by Gasteiger charge is 2.41. The lowest BCUT2D eigenvalue weighted by Crippen LogP contribution is -2.35. The van der Waals surface area contributed by atoms with Crippen LogP contribution in [0.15, 0.2) is 48.5 Å². The second-order valence-corrected chi connectivity index (χ2v) is 7.48. The van der Waals surface area contributed by atoms with Crippen LogP contribution in [0.5, 0.6) is 0 Å². The van der Waals surface area contributed by atoms with Crippen LogP contribution in [-0.2, 0) is 5.41 Å². The highest BCUT2D eigenvalue weighted by Crippen LogP contribution is 2.48. The van der Waals surface area contributed by atoms with Gasteiger partial charge in [0.2, 0.25) is 0 Å². The van der Waals surface area contributed by atoms with Gasteiger partial charge < -0.3 is 0 Å². The molecular weight excluding hydrogens is 314 g/mol. The Kier molecular flexibility index (Phi) is 5.88. The van der Waals surface area contributed by atoms with Gasteiger partial charge in [-0.2, -0.15) is 0 Å². The molecule has 0 nitrogen and oxygen atoms in total. The molecule has 134 valence electrons. The fraction of sp³-hybridized carbons (Fsp3) is 0.478. The topological polar surface area (TPSA) is 0 Å². The van der Waals surface area contributed by atoms with Gasteiger partial charge in [-0.1, -0.05) is 69.0 Å². The van der Waals surface area contributed by atoms with Crippen molar-refractivity contribution in [1.29, 1.82) is 0 Å². The normalized spacial score (nSPS) is 17.6. The summed E-state index contributed by atoms with van der Waals surface area (Å²) in [5, 5.41) is 0. The molecule has 0 unspecified atom stereocenters. The molecule has 0 spiro atoms. The van der Waals surface area contributed by atoms with E-state index in [-0.39, 0.29) is 11.6 Å². The van der Waals surface area contributed by atoms with Gasteiger partial charge in [-0.25, -0.2) is 8.78 Å². The molecule has 0 amide bonds. The van der Waals surface area contributed by atoms with Crippen molar-refractivity contribution in [2.24, 2.45) is 5.92 Å². The van der Waals surface area contributed by atoms with Gasteiger partial charge in [0.05, 0.1) is 0 Å². The van der Waals surface area contributed by atoms with Gasteiger partial charge in [-0.3, -0.25) is 0 Å². The summed E-state index contributed by atoms with van der Waals surface area (Å²) in [4.78, 5) is 0. The maximum atomic E-state index is 14.7. The van der Waals surface area contributed by atoms with E-state index in [1.807, 2.05) is 24.3 Å². The molecule has 2 heteroatoms. The molecule has 0 aliphatic heterocycles. The van der Waals surface area contributed by atoms with Crippen molar-refractivity contribution in [2.75, 3.05) is 0 Å². The van der Waals surface area contributed by atoms with Gasteiger partial charge in [0, 0.05) is 5.41 Å². The highest BCUT2D eigenvalue weighted by atomic mass is 19.1. The van der Waals surface area contributed by atoms with E-state index in [0.717, 1.165) is 25.7 Å². The first kappa shape index (κ1) is 18.1. The molecule has 1 aliphatic carbocycles. The minimum atomic E-state index is -0.530. The minimum absolute atomic E-state index is 0.213. The molecule has 0 saturated heterocycles. The van der Waals surface area contributed by atoms with Gasteiger partial charge in [0.15, 0.2) is 0 Å². The average molecular weight is 342 g/mol. The third-order valence-corrected chi connectivity index (χ3v) is 5.95. The van der Waals surface area contributed by atoms with Crippen LogP contribution in [-0.4, -0.2) is 0 Å². The zero-order chi connectivity index (χ0) is 17.7. The summed E-state index contributed by atoms with van der Waals surface area (Å²) in [7, 11) is 0. The largest absolute Gasteiger partial charge is 0.207 e. The molecule has 2 aromatic carbocycles. The molecule has 1 aliphatic rings. The molecule has 0 aromatic heterocycles. The van der Waals surface area contributed by atoms with Gasteiger partial charge in [0.1, 0.15) is 11.6 Å². The van der Waals surface area contributed by atoms with Crippen LogP contribution >= 0.6 is 0 Å². The number of benzene rings is 2. The van der Waals surface area contributed by atoms with E-state index in [9.17, 15) is 8.78 Å². The Morgan fingerprint density at radius 1 is 0.840 bits per heavy atom. The van der Waals surface area contributed by atoms with Crippen LogP contribution in [0.2, 0.25) is 0 Å². The Hall–Kier alpha value is -1.70. The van der Waals surface area contributed by atoms with E-state index in [2.05, 4.69) is 6.92 Å². The van der Waals surface area contributed by atoms with Crippen LogP contribution in [0.1, 0.15) is 69.4 Å². The molecular formula is C23H28F2. The van der Waals surface area contributed by atoms with E-state index in [4.69, 9.17) is 0 Å². The SMILES string of the molecule is CCCCCC1CCC(c2ccccc2F)(c2ccccc2F)CC1. The molecule has 25 heavy (non-hydrogen) atoms. The molecule has 0 heterocycles. The summed E-state index contributed by atoms with van der Waals surface area (Å²) in [5.41, 5.74) is 0.789. The summed E-state index contributed by atoms with van der Waals surface area (Å²) in [6.45, 7) is 2.22. The number of rotatable bonds is 6. The first-order valence-corrected chi connectivity index (χ1v) is 9.67. The summed E-state index contributed by atoms with van der Waals surface area (Å²) in [6.07, 6.45) is 8.78. The van der Waals surface area contributed by atoms with Crippen molar-refractivity contribution < 1.29 is 8.78 Å². The molecule has 1 fully saturated rings. The van der Waals surface area contributed by atoms with Crippen molar-refractivity contribution in [1.82, 2.24) is 0 Å². The first-order chi connectivity index (χ1) is 12.2. The quantitative estimate of drug-likeness (QED) is 0.495. The molecule has 0 bridgehead atoms. The van der Waals surface area contributed by atoms with Crippen LogP contribution in [0.4, 0.5) is 8.78 Å². The van der Waals surface area contributed by atoms with E-state index >= 15 is 0 Å². The molecule has 0 N–H and O–H groups in total. The highest BCUT2D eigenvalue weighted by molar-refractivity contribution is 5.41. The fourth-order valence-electron chi connectivity index (χ4n) is 4.52. The Morgan fingerprint density at radius 2 is 1.36 bits per heavy atom. The Bertz CT molecular complexity index is 636.